The summed E-state index contributed by atoms with van der Waals surface area (Å²) in [6.45, 7) is 27.5. The minimum atomic E-state index is -4.30. The van der Waals surface area contributed by atoms with Crippen LogP contribution in [0.5, 0.6) is 0 Å². The van der Waals surface area contributed by atoms with E-state index in [-0.39, 0.29) is 52.1 Å². The molecule has 1 saturated heterocycles. The standard InChI is InChI=1S/C62H80F3NOSi/c1-36(2)43-19-16-20-44(37(3)4)55(43)66-50-22-15-13-18-46(50)52-53(58-59(5,6)61(58,8)48-21-14-12-17-45(48)39-25-29-42(30-26-39)68(9,10)11)47-31-32-49-57(54(47)56(52)66)67-51-35-40(33-34-60(49,51)7)38-23-27-41(28-24-38)62(63,64)65/h12,14,17,19,21,23,25,27-34,36-40,44,47,49,51-52,54-57H,13,15-16,18,20,22,24,26,35H2,1-11H3/b58-53-. The Bertz CT molecular complexity index is 2510. The van der Waals surface area contributed by atoms with E-state index in [9.17, 15) is 13.2 Å². The van der Waals surface area contributed by atoms with Crippen molar-refractivity contribution in [2.24, 2.45) is 64.1 Å². The molecule has 2 aliphatic heterocycles. The molecule has 68 heavy (non-hydrogen) atoms. The first-order chi connectivity index (χ1) is 32.2. The number of hydrogen-bond acceptors (Lipinski definition) is 2. The molecule has 0 amide bonds. The van der Waals surface area contributed by atoms with Crippen LogP contribution in [-0.4, -0.2) is 43.4 Å². The van der Waals surface area contributed by atoms with E-state index >= 15 is 0 Å². The van der Waals surface area contributed by atoms with E-state index in [1.165, 1.54) is 61.8 Å². The molecule has 2 heterocycles. The number of rotatable bonds is 7. The number of benzene rings is 1. The van der Waals surface area contributed by atoms with Crippen LogP contribution in [0.25, 0.3) is 0 Å². The number of ether oxygens (including phenoxy) is 1. The lowest BCUT2D eigenvalue weighted by Crippen LogP contribution is -2.54. The molecule has 2 saturated carbocycles. The maximum atomic E-state index is 13.7. The molecule has 3 fully saturated rings. The van der Waals surface area contributed by atoms with Gasteiger partial charge in [0.1, 0.15) is 0 Å². The van der Waals surface area contributed by atoms with Crippen LogP contribution in [0.3, 0.4) is 0 Å². The molecule has 0 aromatic heterocycles. The number of alkyl halides is 3. The molecule has 364 valence electrons. The summed E-state index contributed by atoms with van der Waals surface area (Å²) in [6.07, 6.45) is 30.3. The first kappa shape index (κ1) is 47.0. The molecule has 2 nitrogen and oxygen atoms in total. The van der Waals surface area contributed by atoms with Gasteiger partial charge in [-0.15, -0.1) is 0 Å². The van der Waals surface area contributed by atoms with Crippen molar-refractivity contribution in [3.63, 3.8) is 0 Å². The van der Waals surface area contributed by atoms with Gasteiger partial charge in [0.05, 0.1) is 31.9 Å². The first-order valence-corrected chi connectivity index (χ1v) is 30.6. The minimum Gasteiger partial charge on any atom is -0.373 e. The Morgan fingerprint density at radius 3 is 2.28 bits per heavy atom. The maximum Gasteiger partial charge on any atom is 0.416 e. The Balaban J connectivity index is 1.04. The van der Waals surface area contributed by atoms with Crippen LogP contribution in [0.2, 0.25) is 19.6 Å². The highest BCUT2D eigenvalue weighted by Gasteiger charge is 2.72. The molecule has 11 rings (SSSR count). The minimum absolute atomic E-state index is 0.0161. The number of allylic oxidation sites excluding steroid dienone is 13. The monoisotopic (exact) mass is 940 g/mol. The van der Waals surface area contributed by atoms with Gasteiger partial charge >= 0.3 is 6.18 Å². The predicted molar refractivity (Wildman–Crippen MR) is 276 cm³/mol. The van der Waals surface area contributed by atoms with Crippen LogP contribution in [0.15, 0.2) is 130 Å². The molecule has 14 unspecified atom stereocenters. The summed E-state index contributed by atoms with van der Waals surface area (Å²) in [7, 11) is -1.41. The van der Waals surface area contributed by atoms with Gasteiger partial charge in [0, 0.05) is 52.2 Å². The van der Waals surface area contributed by atoms with Crippen LogP contribution < -0.4 is 0 Å². The molecule has 1 aromatic rings. The zero-order valence-electron chi connectivity index (χ0n) is 43.1. The molecule has 0 N–H and O–H groups in total. The molecule has 1 aromatic carbocycles. The van der Waals surface area contributed by atoms with E-state index in [0.29, 0.717) is 54.0 Å². The quantitative estimate of drug-likeness (QED) is 0.200. The average Bonchev–Trinajstić information content (AvgIpc) is 3.66. The Morgan fingerprint density at radius 2 is 1.60 bits per heavy atom. The summed E-state index contributed by atoms with van der Waals surface area (Å²) in [5.41, 5.74) is 10.8. The second-order valence-electron chi connectivity index (χ2n) is 25.8. The van der Waals surface area contributed by atoms with Gasteiger partial charge < -0.3 is 9.64 Å². The first-order valence-electron chi connectivity index (χ1n) is 27.1. The van der Waals surface area contributed by atoms with Gasteiger partial charge in [0.2, 0.25) is 0 Å². The van der Waals surface area contributed by atoms with Gasteiger partial charge in [-0.25, -0.2) is 0 Å². The van der Waals surface area contributed by atoms with E-state index in [0.717, 1.165) is 12.8 Å². The number of halogens is 3. The predicted octanol–water partition coefficient (Wildman–Crippen LogP) is 16.1. The molecule has 8 aliphatic carbocycles. The van der Waals surface area contributed by atoms with Crippen LogP contribution in [0.1, 0.15) is 130 Å². The molecule has 10 aliphatic rings. The van der Waals surface area contributed by atoms with Crippen molar-refractivity contribution in [1.29, 1.82) is 0 Å². The van der Waals surface area contributed by atoms with Gasteiger partial charge in [0.25, 0.3) is 0 Å². The number of nitrogens with zero attached hydrogens (tertiary/aromatic N) is 1. The molecule has 0 radical (unpaired) electrons. The summed E-state index contributed by atoms with van der Waals surface area (Å²) < 4.78 is 48.8. The molecular weight excluding hydrogens is 860 g/mol. The summed E-state index contributed by atoms with van der Waals surface area (Å²) >= 11 is 0. The Labute approximate surface area is 408 Å². The summed E-state index contributed by atoms with van der Waals surface area (Å²) in [5, 5.41) is 1.57. The van der Waals surface area contributed by atoms with E-state index in [1.54, 1.807) is 33.2 Å². The van der Waals surface area contributed by atoms with Crippen LogP contribution in [0, 0.1) is 64.1 Å². The number of hydrogen-bond donors (Lipinski definition) is 0. The van der Waals surface area contributed by atoms with Gasteiger partial charge in [-0.3, -0.25) is 0 Å². The van der Waals surface area contributed by atoms with Gasteiger partial charge in [0.15, 0.2) is 0 Å². The van der Waals surface area contributed by atoms with Crippen LogP contribution in [-0.2, 0) is 10.2 Å². The van der Waals surface area contributed by atoms with E-state index in [2.05, 4.69) is 153 Å². The number of fused-ring (bicyclic) bond motifs is 8. The van der Waals surface area contributed by atoms with Gasteiger partial charge in [-0.2, -0.15) is 13.2 Å². The second-order valence-corrected chi connectivity index (χ2v) is 30.8. The average molecular weight is 940 g/mol. The van der Waals surface area contributed by atoms with E-state index in [1.807, 2.05) is 6.08 Å². The lowest BCUT2D eigenvalue weighted by atomic mass is 9.62. The lowest BCUT2D eigenvalue weighted by Gasteiger charge is -2.50. The smallest absolute Gasteiger partial charge is 0.373 e. The summed E-state index contributed by atoms with van der Waals surface area (Å²) in [5.74, 6) is 3.43. The van der Waals surface area contributed by atoms with Crippen molar-refractivity contribution in [2.45, 2.75) is 175 Å². The Morgan fingerprint density at radius 1 is 0.838 bits per heavy atom. The zero-order chi connectivity index (χ0) is 48.0. The highest BCUT2D eigenvalue weighted by atomic mass is 28.3. The molecule has 6 heteroatoms. The topological polar surface area (TPSA) is 12.5 Å². The largest absolute Gasteiger partial charge is 0.416 e. The van der Waals surface area contributed by atoms with E-state index in [4.69, 9.17) is 4.74 Å². The van der Waals surface area contributed by atoms with Crippen molar-refractivity contribution in [2.75, 3.05) is 0 Å². The van der Waals surface area contributed by atoms with Crippen molar-refractivity contribution in [3.05, 3.63) is 141 Å². The highest BCUT2D eigenvalue weighted by molar-refractivity contribution is 6.83. The highest BCUT2D eigenvalue weighted by Crippen LogP contribution is 2.76. The Hall–Kier alpha value is -3.35. The van der Waals surface area contributed by atoms with E-state index < -0.39 is 19.8 Å². The fourth-order valence-electron chi connectivity index (χ4n) is 16.6. The SMILES string of the molecule is CC(C)C1=CCCC(C(C)C)C1N1C2=C(CCCC2)C2/C(=C3/C(C)(C)C3(C)c3ccccc3C3C=CC([Si](C)(C)C)=CC3)C3C=CC4C(OC5CC(C6C=CC(C(F)(F)F)=CC6)C=CC54C)C3C21. The lowest BCUT2D eigenvalue weighted by molar-refractivity contribution is -0.0888. The third-order valence-corrected chi connectivity index (χ3v) is 22.5. The summed E-state index contributed by atoms with van der Waals surface area (Å²) in [6, 6.07) is 10.2. The molecule has 0 spiro atoms. The molecule has 14 atom stereocenters. The van der Waals surface area contributed by atoms with Crippen molar-refractivity contribution >= 4 is 8.07 Å². The molecular formula is C62H80F3NOSi. The van der Waals surface area contributed by atoms with Crippen molar-refractivity contribution in [3.8, 4) is 0 Å². The van der Waals surface area contributed by atoms with Crippen LogP contribution in [0.4, 0.5) is 13.2 Å². The fraction of sp³-hybridized carbons (Fsp3) is 0.613. The normalized spacial score (nSPS) is 41.4. The second kappa shape index (κ2) is 16.3. The third kappa shape index (κ3) is 6.98. The van der Waals surface area contributed by atoms with Gasteiger partial charge in [-0.05, 0) is 115 Å². The van der Waals surface area contributed by atoms with Gasteiger partial charge in [-0.1, -0.05) is 182 Å². The summed E-state index contributed by atoms with van der Waals surface area (Å²) in [4.78, 5) is 3.13. The maximum absolute atomic E-state index is 13.7. The van der Waals surface area contributed by atoms with Crippen molar-refractivity contribution < 1.29 is 17.9 Å². The fourth-order valence-corrected chi connectivity index (χ4v) is 17.9. The molecule has 0 bridgehead atoms. The van der Waals surface area contributed by atoms with Crippen LogP contribution >= 0.6 is 0 Å². The Kier molecular flexibility index (Phi) is 11.3. The van der Waals surface area contributed by atoms with Crippen molar-refractivity contribution in [1.82, 2.24) is 4.90 Å². The zero-order valence-corrected chi connectivity index (χ0v) is 44.1. The third-order valence-electron chi connectivity index (χ3n) is 20.4.